The van der Waals surface area contributed by atoms with Crippen molar-refractivity contribution in [2.24, 2.45) is 14.1 Å². The number of carboxylic acids is 1. The first-order valence-electron chi connectivity index (χ1n) is 28.4. The summed E-state index contributed by atoms with van der Waals surface area (Å²) >= 11 is 4.24. The van der Waals surface area contributed by atoms with Crippen LogP contribution in [0, 0.1) is 13.8 Å². The van der Waals surface area contributed by atoms with Crippen LogP contribution in [0.5, 0.6) is 0 Å². The average molecular weight is 1340 g/mol. The van der Waals surface area contributed by atoms with Gasteiger partial charge in [-0.2, -0.15) is 0 Å². The number of hydrogen-bond donors (Lipinski definition) is 1. The number of esters is 1. The molecule has 12 aromatic rings. The number of halogens is 2. The topological polar surface area (TPSA) is 135 Å². The number of rotatable bonds is 14. The Morgan fingerprint density at radius 1 is 0.500 bits per heavy atom. The molecular weight excluding hydrogens is 1270 g/mol. The number of imidazole rings is 4. The van der Waals surface area contributed by atoms with Crippen LogP contribution in [0.2, 0.25) is 0 Å². The van der Waals surface area contributed by atoms with E-state index < -0.39 is 11.6 Å². The predicted molar refractivity (Wildman–Crippen MR) is 358 cm³/mol. The highest BCUT2D eigenvalue weighted by Gasteiger charge is 2.23. The average Bonchev–Trinajstić information content (AvgIpc) is 3.75. The third-order valence-electron chi connectivity index (χ3n) is 15.2. The summed E-state index contributed by atoms with van der Waals surface area (Å²) in [5.74, 6) is 2.81. The van der Waals surface area contributed by atoms with Crippen LogP contribution in [-0.2, 0) is 44.8 Å². The van der Waals surface area contributed by atoms with E-state index >= 15 is 0 Å². The molecule has 0 atom stereocenters. The highest BCUT2D eigenvalue weighted by Crippen LogP contribution is 2.34. The van der Waals surface area contributed by atoms with Gasteiger partial charge in [0, 0.05) is 88.4 Å². The fraction of sp³-hybridized carbons (Fsp3) is 0.229. The van der Waals surface area contributed by atoms with Crippen LogP contribution in [0.15, 0.2) is 170 Å². The molecule has 0 spiro atoms. The Bertz CT molecular complexity index is 4370. The SMILES string of the molecule is CCCc1nc2c(C)cc(-c3nc4ccccc4n3C)cc2n1Cc1ccc(-c2ccccc2C(=O)O)cc1.CCCc1nc2c(C)cc(-c3nc4ccccc4n3C)cc2n1Cc1ccc(-c2ccccc2C(=O)OC(C)(C)C)cc1.II. The van der Waals surface area contributed by atoms with E-state index in [4.69, 9.17) is 24.7 Å². The summed E-state index contributed by atoms with van der Waals surface area (Å²) in [4.78, 5) is 44.7. The second-order valence-electron chi connectivity index (χ2n) is 22.3. The van der Waals surface area contributed by atoms with Crippen LogP contribution in [0.4, 0.5) is 0 Å². The molecule has 0 saturated heterocycles. The maximum absolute atomic E-state index is 12.9. The third-order valence-corrected chi connectivity index (χ3v) is 15.2. The van der Waals surface area contributed by atoms with E-state index in [-0.39, 0.29) is 5.97 Å². The molecule has 0 aliphatic rings. The van der Waals surface area contributed by atoms with Gasteiger partial charge in [0.05, 0.1) is 55.3 Å². The number of hydrogen-bond acceptors (Lipinski definition) is 7. The van der Waals surface area contributed by atoms with E-state index in [0.29, 0.717) is 24.2 Å². The van der Waals surface area contributed by atoms with Gasteiger partial charge in [-0.15, -0.1) is 0 Å². The summed E-state index contributed by atoms with van der Waals surface area (Å²) in [5.41, 5.74) is 19.0. The molecule has 0 saturated carbocycles. The standard InChI is InChI=1S/C37H38N4O2.C33H30N4O2.I2/c1-7-12-33-39-34-24(2)21-27(35-38-30-15-10-11-16-31(30)40(35)6)22-32(34)41(33)23-25-17-19-26(20-18-25)28-13-8-9-14-29(28)36(42)43-37(3,4)5;1-4-9-30-35-31-21(2)18-24(32-34-27-12-7-8-13-28(27)36(32)3)19-29(31)37(30)20-22-14-16-23(17-15-22)25-10-5-6-11-26(25)33(38)39;1-2/h8-11,13-22H,7,12,23H2,1-6H3;5-8,10-19H,4,9,20H2,1-3H3,(H,38,39);. The number of carbonyl (C=O) groups is 2. The molecule has 14 heteroatoms. The Morgan fingerprint density at radius 3 is 1.30 bits per heavy atom. The molecule has 4 heterocycles. The van der Waals surface area contributed by atoms with Crippen LogP contribution < -0.4 is 0 Å². The molecule has 0 aliphatic heterocycles. The van der Waals surface area contributed by atoms with Gasteiger partial charge >= 0.3 is 11.9 Å². The largest absolute Gasteiger partial charge is 0.478 e. The minimum absolute atomic E-state index is 0.307. The van der Waals surface area contributed by atoms with Crippen molar-refractivity contribution in [3.8, 4) is 45.0 Å². The zero-order chi connectivity index (χ0) is 59.4. The molecule has 12 nitrogen and oxygen atoms in total. The molecule has 4 aromatic heterocycles. The maximum atomic E-state index is 12.9. The van der Waals surface area contributed by atoms with Gasteiger partial charge in [-0.1, -0.05) is 123 Å². The van der Waals surface area contributed by atoms with Crippen LogP contribution in [-0.4, -0.2) is 60.9 Å². The fourth-order valence-electron chi connectivity index (χ4n) is 11.2. The van der Waals surface area contributed by atoms with E-state index in [1.165, 1.54) is 5.56 Å². The zero-order valence-corrected chi connectivity index (χ0v) is 53.2. The van der Waals surface area contributed by atoms with Gasteiger partial charge in [-0.25, -0.2) is 29.5 Å². The van der Waals surface area contributed by atoms with E-state index in [1.54, 1.807) is 12.1 Å². The number of aromatic carboxylic acids is 1. The van der Waals surface area contributed by atoms with Crippen molar-refractivity contribution >= 4 is 93.3 Å². The normalized spacial score (nSPS) is 11.5. The second-order valence-corrected chi connectivity index (χ2v) is 22.3. The van der Waals surface area contributed by atoms with Crippen molar-refractivity contribution in [2.75, 3.05) is 0 Å². The van der Waals surface area contributed by atoms with Gasteiger partial charge in [0.1, 0.15) is 28.9 Å². The van der Waals surface area contributed by atoms with E-state index in [9.17, 15) is 14.7 Å². The molecule has 426 valence electrons. The summed E-state index contributed by atoms with van der Waals surface area (Å²) in [6, 6.07) is 56.7. The van der Waals surface area contributed by atoms with Crippen molar-refractivity contribution < 1.29 is 19.4 Å². The molecule has 0 amide bonds. The van der Waals surface area contributed by atoms with Crippen LogP contribution in [0.25, 0.3) is 89.2 Å². The van der Waals surface area contributed by atoms with Crippen LogP contribution >= 0.6 is 37.2 Å². The Morgan fingerprint density at radius 2 is 0.893 bits per heavy atom. The minimum Gasteiger partial charge on any atom is -0.478 e. The Balaban J connectivity index is 0.000000183. The van der Waals surface area contributed by atoms with E-state index in [1.807, 2.05) is 93.6 Å². The smallest absolute Gasteiger partial charge is 0.339 e. The van der Waals surface area contributed by atoms with Crippen molar-refractivity contribution in [2.45, 2.75) is 92.8 Å². The van der Waals surface area contributed by atoms with Crippen LogP contribution in [0.3, 0.4) is 0 Å². The van der Waals surface area contributed by atoms with Crippen molar-refractivity contribution in [1.29, 1.82) is 0 Å². The van der Waals surface area contributed by atoms with Crippen molar-refractivity contribution in [1.82, 2.24) is 38.2 Å². The van der Waals surface area contributed by atoms with Crippen LogP contribution in [0.1, 0.15) is 102 Å². The van der Waals surface area contributed by atoms with Gasteiger partial charge in [-0.3, -0.25) is 0 Å². The minimum atomic E-state index is -0.921. The number of carbonyl (C=O) groups excluding carboxylic acids is 1. The number of aryl methyl sites for hydroxylation is 6. The molecule has 0 aliphatic carbocycles. The highest BCUT2D eigenvalue weighted by molar-refractivity contribution is 15.0. The third kappa shape index (κ3) is 12.3. The number of fused-ring (bicyclic) bond motifs is 4. The monoisotopic (exact) mass is 1340 g/mol. The number of benzene rings is 8. The number of nitrogens with zero attached hydrogens (tertiary/aromatic N) is 8. The number of carboxylic acid groups (broad SMARTS) is 1. The molecule has 0 fully saturated rings. The summed E-state index contributed by atoms with van der Waals surface area (Å²) < 4.78 is 14.7. The quantitative estimate of drug-likeness (QED) is 0.0840. The number of ether oxygens (including phenoxy) is 1. The van der Waals surface area contributed by atoms with E-state index in [0.717, 1.165) is 143 Å². The van der Waals surface area contributed by atoms with Crippen molar-refractivity contribution in [3.05, 3.63) is 215 Å². The first kappa shape index (κ1) is 59.2. The summed E-state index contributed by atoms with van der Waals surface area (Å²) in [6.07, 6.45) is 3.81. The molecule has 0 unspecified atom stereocenters. The molecule has 84 heavy (non-hydrogen) atoms. The zero-order valence-electron chi connectivity index (χ0n) is 48.9. The highest BCUT2D eigenvalue weighted by atomic mass is 128. The van der Waals surface area contributed by atoms with Crippen molar-refractivity contribution in [3.63, 3.8) is 0 Å². The second kappa shape index (κ2) is 25.5. The maximum Gasteiger partial charge on any atom is 0.339 e. The summed E-state index contributed by atoms with van der Waals surface area (Å²) in [7, 11) is 4.14. The Labute approximate surface area is 513 Å². The molecule has 0 bridgehead atoms. The molecule has 12 rings (SSSR count). The Kier molecular flexibility index (Phi) is 18.0. The molecular formula is C70H68I2N8O4. The molecule has 0 radical (unpaired) electrons. The lowest BCUT2D eigenvalue weighted by Gasteiger charge is -2.20. The first-order chi connectivity index (χ1) is 40.6. The first-order valence-corrected chi connectivity index (χ1v) is 34.7. The predicted octanol–water partition coefficient (Wildman–Crippen LogP) is 17.6. The lowest BCUT2D eigenvalue weighted by atomic mass is 9.98. The Hall–Kier alpha value is -7.96. The van der Waals surface area contributed by atoms with Gasteiger partial charge in [0.2, 0.25) is 0 Å². The summed E-state index contributed by atoms with van der Waals surface area (Å²) in [6.45, 7) is 15.7. The molecule has 1 N–H and O–H groups in total. The lowest BCUT2D eigenvalue weighted by molar-refractivity contribution is 0.00701. The fourth-order valence-corrected chi connectivity index (χ4v) is 11.2. The number of aromatic nitrogens is 8. The number of para-hydroxylation sites is 4. The van der Waals surface area contributed by atoms with Gasteiger partial charge in [0.15, 0.2) is 0 Å². The lowest BCUT2D eigenvalue weighted by Crippen LogP contribution is -2.24. The summed E-state index contributed by atoms with van der Waals surface area (Å²) in [5, 5.41) is 9.60. The molecule has 8 aromatic carbocycles. The van der Waals surface area contributed by atoms with Gasteiger partial charge in [-0.05, 0) is 153 Å². The van der Waals surface area contributed by atoms with Gasteiger partial charge < -0.3 is 28.1 Å². The van der Waals surface area contributed by atoms with Gasteiger partial charge in [0.25, 0.3) is 0 Å². The van der Waals surface area contributed by atoms with E-state index in [2.05, 4.69) is 182 Å².